The number of carbonyl (C=O) groups excluding carboxylic acids is 5. The third kappa shape index (κ3) is 10.9. The summed E-state index contributed by atoms with van der Waals surface area (Å²) in [5, 5.41) is 18.3. The van der Waals surface area contributed by atoms with E-state index in [-0.39, 0.29) is 42.0 Å². The van der Waals surface area contributed by atoms with Crippen molar-refractivity contribution in [2.45, 2.75) is 64.1 Å². The van der Waals surface area contributed by atoms with E-state index < -0.39 is 53.0 Å². The number of nitrogens with one attached hydrogen (secondary N) is 3. The minimum absolute atomic E-state index is 0.0605. The van der Waals surface area contributed by atoms with Gasteiger partial charge in [0.25, 0.3) is 11.8 Å². The zero-order valence-corrected chi connectivity index (χ0v) is 24.7. The molecule has 1 aliphatic carbocycles. The minimum Gasteiger partial charge on any atom is -0.465 e. The number of amides is 3. The van der Waals surface area contributed by atoms with Crippen molar-refractivity contribution in [3.8, 4) is 0 Å². The van der Waals surface area contributed by atoms with Crippen molar-refractivity contribution in [1.29, 1.82) is 0 Å². The van der Waals surface area contributed by atoms with Gasteiger partial charge in [0, 0.05) is 6.07 Å². The molecule has 232 valence electrons. The number of carbonyl (C=O) groups is 5. The van der Waals surface area contributed by atoms with Crippen LogP contribution in [-0.2, 0) is 35.3 Å². The Hall–Kier alpha value is -4.17. The molecule has 2 aromatic rings. The number of hydrogen-bond donors (Lipinski definition) is 3. The molecule has 0 saturated heterocycles. The summed E-state index contributed by atoms with van der Waals surface area (Å²) in [5.41, 5.74) is 0.805. The van der Waals surface area contributed by atoms with Crippen LogP contribution in [0.4, 0.5) is 5.00 Å². The zero-order chi connectivity index (χ0) is 31.2. The lowest BCUT2D eigenvalue weighted by Gasteiger charge is -2.28. The molecule has 0 spiro atoms. The van der Waals surface area contributed by atoms with Crippen molar-refractivity contribution in [1.82, 2.24) is 16.0 Å². The molecule has 1 fully saturated rings. The van der Waals surface area contributed by atoms with Crippen LogP contribution in [0.1, 0.15) is 60.7 Å². The van der Waals surface area contributed by atoms with Gasteiger partial charge in [-0.05, 0) is 30.9 Å². The van der Waals surface area contributed by atoms with E-state index in [4.69, 9.17) is 9.47 Å². The first-order valence-electron chi connectivity index (χ1n) is 14.1. The number of ether oxygens (including phenoxy) is 2. The molecule has 0 unspecified atom stereocenters. The summed E-state index contributed by atoms with van der Waals surface area (Å²) in [7, 11) is 0. The van der Waals surface area contributed by atoms with Gasteiger partial charge >= 0.3 is 11.0 Å². The quantitative estimate of drug-likeness (QED) is 0.110. The molecule has 13 nitrogen and oxygen atoms in total. The number of ketones is 1. The second kappa shape index (κ2) is 17.1. The van der Waals surface area contributed by atoms with E-state index in [2.05, 4.69) is 16.0 Å². The van der Waals surface area contributed by atoms with E-state index in [1.165, 1.54) is 12.1 Å². The number of nitrogens with zero attached hydrogens (tertiary/aromatic N) is 1. The molecule has 1 aromatic heterocycles. The summed E-state index contributed by atoms with van der Waals surface area (Å²) in [5.74, 6) is -4.11. The number of benzene rings is 1. The Morgan fingerprint density at radius 2 is 1.72 bits per heavy atom. The van der Waals surface area contributed by atoms with E-state index in [1.807, 2.05) is 30.3 Å². The van der Waals surface area contributed by atoms with Crippen LogP contribution >= 0.6 is 11.3 Å². The Kier molecular flexibility index (Phi) is 13.2. The topological polar surface area (TPSA) is 183 Å². The first kappa shape index (κ1) is 33.3. The lowest BCUT2D eigenvalue weighted by atomic mass is 9.84. The number of hydrogen-bond acceptors (Lipinski definition) is 10. The SMILES string of the molecule is CCOC(=O)CNC(=O)C(=O)[C@H](COCc1ccccc1)NC(=O)[C@H](CC1CCCCC1)NC(=O)c1ccc([N+](=O)[O-])s1. The fourth-order valence-corrected chi connectivity index (χ4v) is 5.42. The van der Waals surface area contributed by atoms with Crippen molar-refractivity contribution < 1.29 is 38.4 Å². The normalized spacial score (nSPS) is 14.6. The molecule has 1 saturated carbocycles. The molecule has 3 N–H and O–H groups in total. The van der Waals surface area contributed by atoms with E-state index in [0.717, 1.165) is 37.7 Å². The predicted molar refractivity (Wildman–Crippen MR) is 156 cm³/mol. The molecule has 0 aliphatic heterocycles. The second-order valence-corrected chi connectivity index (χ2v) is 11.1. The van der Waals surface area contributed by atoms with Crippen LogP contribution in [0.5, 0.6) is 0 Å². The lowest BCUT2D eigenvalue weighted by Crippen LogP contribution is -2.56. The highest BCUT2D eigenvalue weighted by Gasteiger charge is 2.33. The fraction of sp³-hybridized carbons (Fsp3) is 0.483. The summed E-state index contributed by atoms with van der Waals surface area (Å²) >= 11 is 0.684. The molecule has 1 aliphatic rings. The van der Waals surface area contributed by atoms with Crippen LogP contribution < -0.4 is 16.0 Å². The smallest absolute Gasteiger partial charge is 0.325 e. The highest BCUT2D eigenvalue weighted by Crippen LogP contribution is 2.28. The number of thiophene rings is 1. The van der Waals surface area contributed by atoms with Crippen LogP contribution in [0.3, 0.4) is 0 Å². The molecule has 0 bridgehead atoms. The third-order valence-electron chi connectivity index (χ3n) is 6.86. The molecular formula is C29H36N4O9S. The van der Waals surface area contributed by atoms with Crippen molar-refractivity contribution >= 4 is 45.8 Å². The minimum atomic E-state index is -1.42. The van der Waals surface area contributed by atoms with Crippen molar-refractivity contribution in [2.75, 3.05) is 19.8 Å². The molecule has 3 amide bonds. The molecule has 0 radical (unpaired) electrons. The summed E-state index contributed by atoms with van der Waals surface area (Å²) in [6.07, 6.45) is 5.06. The van der Waals surface area contributed by atoms with Crippen molar-refractivity contribution in [2.24, 2.45) is 5.92 Å². The maximum atomic E-state index is 13.6. The van der Waals surface area contributed by atoms with E-state index in [9.17, 15) is 34.1 Å². The predicted octanol–water partition coefficient (Wildman–Crippen LogP) is 2.68. The monoisotopic (exact) mass is 616 g/mol. The fourth-order valence-electron chi connectivity index (χ4n) is 4.70. The highest BCUT2D eigenvalue weighted by atomic mass is 32.1. The molecule has 43 heavy (non-hydrogen) atoms. The molecule has 1 heterocycles. The Labute approximate surface area is 252 Å². The molecule has 3 rings (SSSR count). The lowest BCUT2D eigenvalue weighted by molar-refractivity contribution is -0.380. The number of Topliss-reactive ketones (excluding diaryl/α,β-unsaturated/α-hetero) is 1. The standard InChI is InChI=1S/C29H36N4O9S/c1-2-42-25(34)16-30-29(38)26(35)22(18-41-17-20-11-7-4-8-12-20)32-27(36)21(15-19-9-5-3-6-10-19)31-28(37)23-13-14-24(43-23)33(39)40/h4,7-8,11-14,19,21-22H,2-3,5-6,9-10,15-18H2,1H3,(H,30,38)(H,31,37)(H,32,36)/t21-,22-/m0/s1. The molecular weight excluding hydrogens is 580 g/mol. The maximum absolute atomic E-state index is 13.6. The second-order valence-electron chi connectivity index (χ2n) is 10.1. The maximum Gasteiger partial charge on any atom is 0.325 e. The Balaban J connectivity index is 1.75. The van der Waals surface area contributed by atoms with Gasteiger partial charge in [0.05, 0.1) is 29.6 Å². The zero-order valence-electron chi connectivity index (χ0n) is 23.9. The van der Waals surface area contributed by atoms with Gasteiger partial charge < -0.3 is 25.4 Å². The van der Waals surface area contributed by atoms with Crippen molar-refractivity contribution in [3.63, 3.8) is 0 Å². The van der Waals surface area contributed by atoms with E-state index in [0.29, 0.717) is 11.3 Å². The Bertz CT molecular complexity index is 1280. The molecule has 14 heteroatoms. The van der Waals surface area contributed by atoms with Crippen LogP contribution in [0.2, 0.25) is 0 Å². The summed E-state index contributed by atoms with van der Waals surface area (Å²) in [4.78, 5) is 74.5. The molecule has 1 aromatic carbocycles. The number of nitro groups is 1. The highest BCUT2D eigenvalue weighted by molar-refractivity contribution is 7.17. The largest absolute Gasteiger partial charge is 0.465 e. The van der Waals surface area contributed by atoms with Crippen LogP contribution in [0, 0.1) is 16.0 Å². The molecule has 2 atom stereocenters. The van der Waals surface area contributed by atoms with Crippen LogP contribution in [-0.4, -0.2) is 66.2 Å². The van der Waals surface area contributed by atoms with Gasteiger partial charge in [-0.15, -0.1) is 0 Å². The Morgan fingerprint density at radius 1 is 1.00 bits per heavy atom. The first-order chi connectivity index (χ1) is 20.7. The summed E-state index contributed by atoms with van der Waals surface area (Å²) in [6, 6.07) is 9.10. The van der Waals surface area contributed by atoms with Gasteiger partial charge in [0.1, 0.15) is 18.6 Å². The van der Waals surface area contributed by atoms with Crippen molar-refractivity contribution in [3.05, 3.63) is 63.0 Å². The van der Waals surface area contributed by atoms with Gasteiger partial charge in [0.2, 0.25) is 11.7 Å². The van der Waals surface area contributed by atoms with Gasteiger partial charge in [-0.2, -0.15) is 0 Å². The van der Waals surface area contributed by atoms with Gasteiger partial charge in [-0.25, -0.2) is 0 Å². The number of esters is 1. The van der Waals surface area contributed by atoms with E-state index in [1.54, 1.807) is 6.92 Å². The number of rotatable bonds is 16. The van der Waals surface area contributed by atoms with Crippen LogP contribution in [0.15, 0.2) is 42.5 Å². The summed E-state index contributed by atoms with van der Waals surface area (Å²) in [6.45, 7) is 0.916. The first-order valence-corrected chi connectivity index (χ1v) is 14.9. The van der Waals surface area contributed by atoms with Gasteiger partial charge in [-0.1, -0.05) is 73.8 Å². The van der Waals surface area contributed by atoms with Crippen LogP contribution in [0.25, 0.3) is 0 Å². The van der Waals surface area contributed by atoms with Gasteiger partial charge in [0.15, 0.2) is 0 Å². The average Bonchev–Trinajstić information content (AvgIpc) is 3.51. The summed E-state index contributed by atoms with van der Waals surface area (Å²) < 4.78 is 10.4. The average molecular weight is 617 g/mol. The van der Waals surface area contributed by atoms with E-state index >= 15 is 0 Å². The van der Waals surface area contributed by atoms with Gasteiger partial charge in [-0.3, -0.25) is 34.1 Å². The third-order valence-corrected chi connectivity index (χ3v) is 7.90. The Morgan fingerprint density at radius 3 is 2.37 bits per heavy atom.